The molecule has 3 aromatic heterocycles. The summed E-state index contributed by atoms with van der Waals surface area (Å²) in [5.41, 5.74) is 2.80. The van der Waals surface area contributed by atoms with E-state index in [4.69, 9.17) is 4.74 Å². The SMILES string of the molecule is CC(C)Cc1cnn(-c2ccnc(-c3n[nH]c4ccc(OC(C)C)cc34)n2)c1. The van der Waals surface area contributed by atoms with Gasteiger partial charge in [0.2, 0.25) is 0 Å². The zero-order valence-electron chi connectivity index (χ0n) is 16.5. The van der Waals surface area contributed by atoms with Gasteiger partial charge in [-0.3, -0.25) is 5.10 Å². The Morgan fingerprint density at radius 2 is 2.00 bits per heavy atom. The summed E-state index contributed by atoms with van der Waals surface area (Å²) in [6, 6.07) is 7.71. The molecule has 4 aromatic rings. The Morgan fingerprint density at radius 3 is 2.79 bits per heavy atom. The number of H-pyrrole nitrogens is 1. The van der Waals surface area contributed by atoms with Crippen LogP contribution in [-0.4, -0.2) is 36.0 Å². The Hall–Kier alpha value is -3.22. The number of hydrogen-bond donors (Lipinski definition) is 1. The summed E-state index contributed by atoms with van der Waals surface area (Å²) in [7, 11) is 0. The molecule has 0 saturated heterocycles. The number of rotatable bonds is 6. The van der Waals surface area contributed by atoms with Crippen LogP contribution in [0.4, 0.5) is 0 Å². The fourth-order valence-corrected chi connectivity index (χ4v) is 3.16. The molecule has 4 rings (SSSR count). The number of hydrogen-bond acceptors (Lipinski definition) is 5. The van der Waals surface area contributed by atoms with E-state index in [9.17, 15) is 0 Å². The third-order valence-electron chi connectivity index (χ3n) is 4.27. The third-order valence-corrected chi connectivity index (χ3v) is 4.27. The topological polar surface area (TPSA) is 81.5 Å². The summed E-state index contributed by atoms with van der Waals surface area (Å²) < 4.78 is 7.60. The maximum atomic E-state index is 5.81. The molecule has 1 N–H and O–H groups in total. The first-order valence-electron chi connectivity index (χ1n) is 9.51. The van der Waals surface area contributed by atoms with E-state index in [0.29, 0.717) is 23.3 Å². The van der Waals surface area contributed by atoms with Crippen LogP contribution in [0.25, 0.3) is 28.2 Å². The van der Waals surface area contributed by atoms with Gasteiger partial charge < -0.3 is 4.74 Å². The first-order valence-corrected chi connectivity index (χ1v) is 9.51. The zero-order chi connectivity index (χ0) is 19.7. The molecule has 0 saturated carbocycles. The average molecular weight is 376 g/mol. The molecule has 0 aliphatic heterocycles. The molecule has 0 atom stereocenters. The number of nitrogens with one attached hydrogen (secondary N) is 1. The number of aromatic nitrogens is 6. The molecule has 28 heavy (non-hydrogen) atoms. The molecule has 0 aliphatic rings. The Balaban J connectivity index is 1.70. The summed E-state index contributed by atoms with van der Waals surface area (Å²) in [6.07, 6.45) is 6.73. The van der Waals surface area contributed by atoms with Crippen molar-refractivity contribution in [1.29, 1.82) is 0 Å². The van der Waals surface area contributed by atoms with Crippen molar-refractivity contribution < 1.29 is 4.74 Å². The van der Waals surface area contributed by atoms with Crippen molar-refractivity contribution in [2.75, 3.05) is 0 Å². The number of ether oxygens (including phenoxy) is 1. The maximum absolute atomic E-state index is 5.81. The smallest absolute Gasteiger partial charge is 0.182 e. The molecule has 0 fully saturated rings. The molecule has 7 nitrogen and oxygen atoms in total. The van der Waals surface area contributed by atoms with E-state index in [1.807, 2.05) is 50.5 Å². The van der Waals surface area contributed by atoms with Crippen LogP contribution in [-0.2, 0) is 6.42 Å². The maximum Gasteiger partial charge on any atom is 0.182 e. The van der Waals surface area contributed by atoms with Crippen molar-refractivity contribution in [3.05, 3.63) is 48.4 Å². The lowest BCUT2D eigenvalue weighted by Gasteiger charge is -2.09. The van der Waals surface area contributed by atoms with Crippen LogP contribution < -0.4 is 4.74 Å². The monoisotopic (exact) mass is 376 g/mol. The van der Waals surface area contributed by atoms with Crippen LogP contribution in [0.5, 0.6) is 5.75 Å². The summed E-state index contributed by atoms with van der Waals surface area (Å²) in [4.78, 5) is 9.11. The second kappa shape index (κ2) is 7.42. The molecule has 144 valence electrons. The molecule has 0 aliphatic carbocycles. The van der Waals surface area contributed by atoms with Crippen LogP contribution >= 0.6 is 0 Å². The minimum absolute atomic E-state index is 0.104. The zero-order valence-corrected chi connectivity index (χ0v) is 16.5. The summed E-state index contributed by atoms with van der Waals surface area (Å²) in [6.45, 7) is 8.40. The van der Waals surface area contributed by atoms with E-state index in [1.54, 1.807) is 10.9 Å². The highest BCUT2D eigenvalue weighted by atomic mass is 16.5. The van der Waals surface area contributed by atoms with Gasteiger partial charge >= 0.3 is 0 Å². The fraction of sp³-hybridized carbons (Fsp3) is 0.333. The van der Waals surface area contributed by atoms with Gasteiger partial charge in [-0.2, -0.15) is 10.2 Å². The number of aromatic amines is 1. The second-order valence-corrected chi connectivity index (χ2v) is 7.58. The van der Waals surface area contributed by atoms with Gasteiger partial charge in [-0.05, 0) is 49.9 Å². The minimum atomic E-state index is 0.104. The molecule has 0 bridgehead atoms. The molecule has 0 radical (unpaired) electrons. The normalized spacial score (nSPS) is 11.6. The number of benzene rings is 1. The van der Waals surface area contributed by atoms with Gasteiger partial charge in [0.1, 0.15) is 11.4 Å². The fourth-order valence-electron chi connectivity index (χ4n) is 3.16. The van der Waals surface area contributed by atoms with Crippen molar-refractivity contribution in [1.82, 2.24) is 29.9 Å². The molecule has 0 spiro atoms. The quantitative estimate of drug-likeness (QED) is 0.546. The lowest BCUT2D eigenvalue weighted by Crippen LogP contribution is -2.05. The van der Waals surface area contributed by atoms with Crippen LogP contribution in [0, 0.1) is 5.92 Å². The van der Waals surface area contributed by atoms with Gasteiger partial charge in [0.05, 0.1) is 17.8 Å². The van der Waals surface area contributed by atoms with Crippen LogP contribution in [0.2, 0.25) is 0 Å². The predicted octanol–water partition coefficient (Wildman–Crippen LogP) is 4.19. The predicted molar refractivity (Wildman–Crippen MR) is 109 cm³/mol. The van der Waals surface area contributed by atoms with Crippen molar-refractivity contribution >= 4 is 10.9 Å². The largest absolute Gasteiger partial charge is 0.491 e. The molecule has 1 aromatic carbocycles. The van der Waals surface area contributed by atoms with Gasteiger partial charge in [-0.1, -0.05) is 13.8 Å². The van der Waals surface area contributed by atoms with Crippen molar-refractivity contribution in [3.8, 4) is 23.1 Å². The molecular formula is C21H24N6O. The lowest BCUT2D eigenvalue weighted by molar-refractivity contribution is 0.243. The summed E-state index contributed by atoms with van der Waals surface area (Å²) in [5, 5.41) is 12.9. The minimum Gasteiger partial charge on any atom is -0.491 e. The highest BCUT2D eigenvalue weighted by Crippen LogP contribution is 2.28. The molecule has 3 heterocycles. The van der Waals surface area contributed by atoms with E-state index < -0.39 is 0 Å². The first-order chi connectivity index (χ1) is 13.5. The van der Waals surface area contributed by atoms with E-state index in [-0.39, 0.29) is 6.10 Å². The van der Waals surface area contributed by atoms with Crippen molar-refractivity contribution in [3.63, 3.8) is 0 Å². The number of fused-ring (bicyclic) bond motifs is 1. The van der Waals surface area contributed by atoms with Crippen LogP contribution in [0.1, 0.15) is 33.3 Å². The third kappa shape index (κ3) is 3.74. The molecule has 0 amide bonds. The Bertz CT molecular complexity index is 1100. The van der Waals surface area contributed by atoms with Gasteiger partial charge in [0.25, 0.3) is 0 Å². The van der Waals surface area contributed by atoms with Crippen LogP contribution in [0.15, 0.2) is 42.9 Å². The van der Waals surface area contributed by atoms with Crippen LogP contribution in [0.3, 0.4) is 0 Å². The Kier molecular flexibility index (Phi) is 4.81. The van der Waals surface area contributed by atoms with Gasteiger partial charge in [-0.25, -0.2) is 14.6 Å². The van der Waals surface area contributed by atoms with Gasteiger partial charge in [0.15, 0.2) is 11.6 Å². The van der Waals surface area contributed by atoms with E-state index >= 15 is 0 Å². The first kappa shape index (κ1) is 18.2. The Morgan fingerprint density at radius 1 is 1.14 bits per heavy atom. The molecule has 7 heteroatoms. The van der Waals surface area contributed by atoms with E-state index in [2.05, 4.69) is 39.1 Å². The van der Waals surface area contributed by atoms with E-state index in [1.165, 1.54) is 5.56 Å². The standard InChI is InChI=1S/C21H24N6O/c1-13(2)9-15-11-23-27(12-15)19-7-8-22-21(24-19)20-17-10-16(28-14(3)4)5-6-18(17)25-26-20/h5-8,10-14H,9H2,1-4H3,(H,25,26). The van der Waals surface area contributed by atoms with Crippen molar-refractivity contribution in [2.45, 2.75) is 40.2 Å². The average Bonchev–Trinajstić information content (AvgIpc) is 3.27. The second-order valence-electron chi connectivity index (χ2n) is 7.58. The summed E-state index contributed by atoms with van der Waals surface area (Å²) in [5.74, 6) is 2.64. The highest BCUT2D eigenvalue weighted by molar-refractivity contribution is 5.92. The summed E-state index contributed by atoms with van der Waals surface area (Å²) >= 11 is 0. The number of nitrogens with zero attached hydrogens (tertiary/aromatic N) is 5. The highest BCUT2D eigenvalue weighted by Gasteiger charge is 2.14. The Labute approximate surface area is 163 Å². The van der Waals surface area contributed by atoms with Gasteiger partial charge in [-0.15, -0.1) is 0 Å². The van der Waals surface area contributed by atoms with Crippen molar-refractivity contribution in [2.24, 2.45) is 5.92 Å². The lowest BCUT2D eigenvalue weighted by atomic mass is 10.1. The molecule has 0 unspecified atom stereocenters. The molecular weight excluding hydrogens is 352 g/mol. The van der Waals surface area contributed by atoms with E-state index in [0.717, 1.165) is 23.1 Å². The van der Waals surface area contributed by atoms with Gasteiger partial charge in [0, 0.05) is 23.8 Å².